The molecule has 1 saturated heterocycles. The number of halogens is 1. The number of aliphatic hydroxyl groups excluding tert-OH is 1. The van der Waals surface area contributed by atoms with Crippen molar-refractivity contribution in [2.45, 2.75) is 19.4 Å². The van der Waals surface area contributed by atoms with E-state index in [2.05, 4.69) is 10.1 Å². The molecular weight excluding hydrogens is 316 g/mol. The average Bonchev–Trinajstić information content (AvgIpc) is 3.08. The predicted molar refractivity (Wildman–Crippen MR) is 87.8 cm³/mol. The fourth-order valence-corrected chi connectivity index (χ4v) is 3.04. The smallest absolute Gasteiger partial charge is 0.137 e. The lowest BCUT2D eigenvalue weighted by molar-refractivity contribution is 0.136. The van der Waals surface area contributed by atoms with Crippen LogP contribution in [0, 0.1) is 12.8 Å². The van der Waals surface area contributed by atoms with Gasteiger partial charge in [-0.25, -0.2) is 0 Å². The topological polar surface area (TPSA) is 58.7 Å². The SMILES string of the molecule is Cc1cc(C[C@@H]2CN(CCOc3ccc(Cl)cc3)C[C@H]2O)on1. The van der Waals surface area contributed by atoms with Crippen LogP contribution in [0.4, 0.5) is 0 Å². The van der Waals surface area contributed by atoms with Crippen LogP contribution in [0.5, 0.6) is 5.75 Å². The summed E-state index contributed by atoms with van der Waals surface area (Å²) in [7, 11) is 0. The van der Waals surface area contributed by atoms with Crippen molar-refractivity contribution in [2.75, 3.05) is 26.2 Å². The van der Waals surface area contributed by atoms with Crippen LogP contribution < -0.4 is 4.74 Å². The number of nitrogens with zero attached hydrogens (tertiary/aromatic N) is 2. The Morgan fingerprint density at radius 1 is 1.35 bits per heavy atom. The Kier molecular flexibility index (Phi) is 5.20. The summed E-state index contributed by atoms with van der Waals surface area (Å²) in [5.74, 6) is 1.83. The normalized spacial score (nSPS) is 21.7. The summed E-state index contributed by atoms with van der Waals surface area (Å²) in [5.41, 5.74) is 0.876. The third-order valence-corrected chi connectivity index (χ3v) is 4.36. The maximum Gasteiger partial charge on any atom is 0.137 e. The number of ether oxygens (including phenoxy) is 1. The zero-order chi connectivity index (χ0) is 16.2. The van der Waals surface area contributed by atoms with Gasteiger partial charge in [0.05, 0.1) is 11.8 Å². The van der Waals surface area contributed by atoms with Gasteiger partial charge in [0.2, 0.25) is 0 Å². The molecule has 1 aromatic heterocycles. The summed E-state index contributed by atoms with van der Waals surface area (Å²) in [5, 5.41) is 14.8. The first-order chi connectivity index (χ1) is 11.1. The van der Waals surface area contributed by atoms with Crippen LogP contribution in [0.25, 0.3) is 0 Å². The minimum absolute atomic E-state index is 0.179. The molecule has 23 heavy (non-hydrogen) atoms. The molecule has 0 aliphatic carbocycles. The van der Waals surface area contributed by atoms with Gasteiger partial charge in [-0.3, -0.25) is 4.90 Å². The zero-order valence-electron chi connectivity index (χ0n) is 13.1. The first-order valence-electron chi connectivity index (χ1n) is 7.81. The maximum absolute atomic E-state index is 10.2. The lowest BCUT2D eigenvalue weighted by atomic mass is 10.0. The van der Waals surface area contributed by atoms with Gasteiger partial charge in [0.15, 0.2) is 0 Å². The fourth-order valence-electron chi connectivity index (χ4n) is 2.92. The largest absolute Gasteiger partial charge is 0.492 e. The van der Waals surface area contributed by atoms with Gasteiger partial charge >= 0.3 is 0 Å². The molecule has 1 fully saturated rings. The Balaban J connectivity index is 1.44. The zero-order valence-corrected chi connectivity index (χ0v) is 13.9. The first-order valence-corrected chi connectivity index (χ1v) is 8.19. The molecule has 1 aliphatic rings. The molecule has 0 amide bonds. The summed E-state index contributed by atoms with van der Waals surface area (Å²) >= 11 is 5.85. The van der Waals surface area contributed by atoms with Gasteiger partial charge in [-0.05, 0) is 31.2 Å². The standard InChI is InChI=1S/C17H21ClN2O3/c1-12-8-16(23-19-12)9-13-10-20(11-17(13)21)6-7-22-15-4-2-14(18)3-5-15/h2-5,8,13,17,21H,6-7,9-11H2,1H3/t13-,17-/m1/s1. The highest BCUT2D eigenvalue weighted by atomic mass is 35.5. The van der Waals surface area contributed by atoms with Gasteiger partial charge < -0.3 is 14.4 Å². The van der Waals surface area contributed by atoms with Gasteiger partial charge in [0.1, 0.15) is 18.1 Å². The van der Waals surface area contributed by atoms with Crippen molar-refractivity contribution in [1.29, 1.82) is 0 Å². The molecule has 124 valence electrons. The van der Waals surface area contributed by atoms with Crippen molar-refractivity contribution < 1.29 is 14.4 Å². The Labute approximate surface area is 140 Å². The first kappa shape index (κ1) is 16.3. The van der Waals surface area contributed by atoms with E-state index in [-0.39, 0.29) is 12.0 Å². The second kappa shape index (κ2) is 7.34. The second-order valence-corrected chi connectivity index (χ2v) is 6.46. The molecule has 1 aromatic carbocycles. The Morgan fingerprint density at radius 3 is 2.83 bits per heavy atom. The lowest BCUT2D eigenvalue weighted by Crippen LogP contribution is -2.27. The van der Waals surface area contributed by atoms with Gasteiger partial charge in [-0.1, -0.05) is 16.8 Å². The number of likely N-dealkylation sites (tertiary alicyclic amines) is 1. The third-order valence-electron chi connectivity index (χ3n) is 4.11. The van der Waals surface area contributed by atoms with E-state index in [0.29, 0.717) is 18.2 Å². The molecule has 0 saturated carbocycles. The van der Waals surface area contributed by atoms with Gasteiger partial charge in [-0.15, -0.1) is 0 Å². The van der Waals surface area contributed by atoms with Crippen LogP contribution in [0.1, 0.15) is 11.5 Å². The lowest BCUT2D eigenvalue weighted by Gasteiger charge is -2.15. The van der Waals surface area contributed by atoms with Crippen LogP contribution in [0.15, 0.2) is 34.9 Å². The van der Waals surface area contributed by atoms with E-state index in [0.717, 1.165) is 36.7 Å². The number of β-amino-alcohol motifs (C(OH)–C–C–N with tert-alkyl or cyclic N) is 1. The van der Waals surface area contributed by atoms with E-state index in [4.69, 9.17) is 20.9 Å². The quantitative estimate of drug-likeness (QED) is 0.878. The molecule has 2 heterocycles. The maximum atomic E-state index is 10.2. The minimum Gasteiger partial charge on any atom is -0.492 e. The van der Waals surface area contributed by atoms with Crippen molar-refractivity contribution in [3.05, 3.63) is 46.8 Å². The van der Waals surface area contributed by atoms with Crippen molar-refractivity contribution in [2.24, 2.45) is 5.92 Å². The average molecular weight is 337 g/mol. The van der Waals surface area contributed by atoms with Crippen molar-refractivity contribution >= 4 is 11.6 Å². The fraction of sp³-hybridized carbons (Fsp3) is 0.471. The molecule has 0 unspecified atom stereocenters. The number of benzene rings is 1. The highest BCUT2D eigenvalue weighted by molar-refractivity contribution is 6.30. The molecule has 2 aromatic rings. The number of hydrogen-bond donors (Lipinski definition) is 1. The number of aryl methyl sites for hydroxylation is 1. The molecule has 1 aliphatic heterocycles. The van der Waals surface area contributed by atoms with Gasteiger partial charge in [0.25, 0.3) is 0 Å². The molecule has 1 N–H and O–H groups in total. The minimum atomic E-state index is -0.337. The van der Waals surface area contributed by atoms with Crippen molar-refractivity contribution in [1.82, 2.24) is 10.1 Å². The highest BCUT2D eigenvalue weighted by Gasteiger charge is 2.31. The summed E-state index contributed by atoms with van der Waals surface area (Å²) in [6, 6.07) is 9.27. The van der Waals surface area contributed by atoms with Crippen LogP contribution in [0.3, 0.4) is 0 Å². The Bertz CT molecular complexity index is 629. The number of rotatable bonds is 6. The van der Waals surface area contributed by atoms with E-state index >= 15 is 0 Å². The molecule has 0 spiro atoms. The molecule has 3 rings (SSSR count). The number of aliphatic hydroxyl groups is 1. The van der Waals surface area contributed by atoms with E-state index < -0.39 is 0 Å². The summed E-state index contributed by atoms with van der Waals surface area (Å²) in [6.45, 7) is 4.78. The van der Waals surface area contributed by atoms with Crippen molar-refractivity contribution in [3.8, 4) is 5.75 Å². The monoisotopic (exact) mass is 336 g/mol. The molecule has 2 atom stereocenters. The number of aromatic nitrogens is 1. The summed E-state index contributed by atoms with van der Waals surface area (Å²) in [6.07, 6.45) is 0.382. The third kappa shape index (κ3) is 4.47. The van der Waals surface area contributed by atoms with E-state index in [9.17, 15) is 5.11 Å². The Hall–Kier alpha value is -1.56. The second-order valence-electron chi connectivity index (χ2n) is 6.03. The van der Waals surface area contributed by atoms with Crippen molar-refractivity contribution in [3.63, 3.8) is 0 Å². The van der Waals surface area contributed by atoms with Gasteiger partial charge in [0, 0.05) is 43.1 Å². The highest BCUT2D eigenvalue weighted by Crippen LogP contribution is 2.22. The molecule has 5 nitrogen and oxygen atoms in total. The number of hydrogen-bond acceptors (Lipinski definition) is 5. The Morgan fingerprint density at radius 2 is 2.13 bits per heavy atom. The van der Waals surface area contributed by atoms with Crippen LogP contribution in [-0.2, 0) is 6.42 Å². The summed E-state index contributed by atoms with van der Waals surface area (Å²) in [4.78, 5) is 2.22. The predicted octanol–water partition coefficient (Wildman–Crippen LogP) is 2.55. The van der Waals surface area contributed by atoms with Crippen LogP contribution in [0.2, 0.25) is 5.02 Å². The van der Waals surface area contributed by atoms with E-state index in [1.165, 1.54) is 0 Å². The summed E-state index contributed by atoms with van der Waals surface area (Å²) < 4.78 is 10.9. The molecular formula is C17H21ClN2O3. The van der Waals surface area contributed by atoms with Crippen LogP contribution >= 0.6 is 11.6 Å². The van der Waals surface area contributed by atoms with E-state index in [1.54, 1.807) is 0 Å². The molecule has 6 heteroatoms. The molecule has 0 bridgehead atoms. The molecule has 0 radical (unpaired) electrons. The van der Waals surface area contributed by atoms with Gasteiger partial charge in [-0.2, -0.15) is 0 Å². The van der Waals surface area contributed by atoms with E-state index in [1.807, 2.05) is 37.3 Å². The van der Waals surface area contributed by atoms with Crippen LogP contribution in [-0.4, -0.2) is 47.5 Å².